The van der Waals surface area contributed by atoms with Gasteiger partial charge in [0.15, 0.2) is 31.1 Å². The number of hydrogen-bond donors (Lipinski definition) is 10. The van der Waals surface area contributed by atoms with Crippen LogP contribution in [0, 0.1) is 0 Å². The number of rotatable bonds is 33. The predicted molar refractivity (Wildman–Crippen MR) is 235 cm³/mol. The van der Waals surface area contributed by atoms with Gasteiger partial charge in [-0.1, -0.05) is 96.8 Å². The Labute approximate surface area is 393 Å². The van der Waals surface area contributed by atoms with E-state index in [1.807, 2.05) is 6.92 Å². The third kappa shape index (κ3) is 21.0. The SMILES string of the molecule is CCCCC(CCCC(O)C(O)CCCCCCCCCCCCCCC(O)C(=O)O)O[C@@H]1OC[C@@H](OC(C)=O)[C@H](O)[C@H]1O[C@@H]1OC[C@@H](O)[C@H](O)[C@H]1O[C@@H]1O[C@H](COC(C)=O)[C@@H](O)[C@H](O)[C@H]1O. The highest BCUT2D eigenvalue weighted by Crippen LogP contribution is 2.32. The highest BCUT2D eigenvalue weighted by atomic mass is 16.8. The summed E-state index contributed by atoms with van der Waals surface area (Å²) in [6, 6.07) is 0. The molecular weight excluding hydrogens is 888 g/mol. The molecule has 4 unspecified atom stereocenters. The van der Waals surface area contributed by atoms with Crippen LogP contribution in [0.3, 0.4) is 0 Å². The number of aliphatic carboxylic acids is 1. The summed E-state index contributed by atoms with van der Waals surface area (Å²) >= 11 is 0. The summed E-state index contributed by atoms with van der Waals surface area (Å²) in [5.74, 6) is -2.58. The van der Waals surface area contributed by atoms with E-state index in [4.69, 9.17) is 43.0 Å². The molecule has 17 atom stereocenters. The Bertz CT molecular complexity index is 1380. The molecule has 0 aromatic heterocycles. The number of ether oxygens (including phenoxy) is 8. The lowest BCUT2D eigenvalue weighted by Crippen LogP contribution is -2.64. The van der Waals surface area contributed by atoms with Crippen molar-refractivity contribution in [2.24, 2.45) is 0 Å². The van der Waals surface area contributed by atoms with Crippen LogP contribution in [0.25, 0.3) is 0 Å². The maximum absolute atomic E-state index is 12.0. The van der Waals surface area contributed by atoms with Gasteiger partial charge in [-0.15, -0.1) is 0 Å². The van der Waals surface area contributed by atoms with Crippen LogP contribution in [0.15, 0.2) is 0 Å². The monoisotopic (exact) mass is 971 g/mol. The van der Waals surface area contributed by atoms with Crippen molar-refractivity contribution in [2.45, 2.75) is 254 Å². The third-order valence-electron chi connectivity index (χ3n) is 12.5. The van der Waals surface area contributed by atoms with Gasteiger partial charge in [0.25, 0.3) is 0 Å². The van der Waals surface area contributed by atoms with E-state index in [0.29, 0.717) is 38.5 Å². The highest BCUT2D eigenvalue weighted by molar-refractivity contribution is 5.71. The Morgan fingerprint density at radius 2 is 1.09 bits per heavy atom. The molecule has 0 bridgehead atoms. The number of carbonyl (C=O) groups is 3. The first-order chi connectivity index (χ1) is 31.9. The lowest BCUT2D eigenvalue weighted by atomic mass is 9.98. The predicted octanol–water partition coefficient (Wildman–Crippen LogP) is 1.23. The van der Waals surface area contributed by atoms with Gasteiger partial charge in [-0.05, 0) is 38.5 Å². The van der Waals surface area contributed by atoms with Crippen LogP contribution < -0.4 is 0 Å². The topological polar surface area (TPSA) is 327 Å². The standard InChI is InChI=1S/C46H82O21/c1-4-5-19-29(20-18-23-31(50)30(49)21-16-14-12-10-8-6-7-9-11-13-15-17-22-32(51)43(58)59)64-45-42(38(55)35(26-62-45)63-28(3)48)67-46-41(36(53)33(52)24-61-46)66-44-40(57)39(56)37(54)34(65-44)25-60-27(2)47/h29-42,44-46,49-57H,4-26H2,1-3H3,(H,58,59)/t29?,30?,31?,32?,33-,34-,35-,36+,37-,38+,39+,40-,41-,42-,44+,45+,46+/m1/s1. The fourth-order valence-electron chi connectivity index (χ4n) is 8.46. The molecule has 0 saturated carbocycles. The molecule has 3 heterocycles. The van der Waals surface area contributed by atoms with Crippen molar-refractivity contribution < 1.29 is 103 Å². The van der Waals surface area contributed by atoms with Gasteiger partial charge in [0.1, 0.15) is 61.5 Å². The summed E-state index contributed by atoms with van der Waals surface area (Å²) in [6.07, 6.45) is -7.93. The van der Waals surface area contributed by atoms with Crippen LogP contribution in [-0.4, -0.2) is 193 Å². The van der Waals surface area contributed by atoms with Gasteiger partial charge in [0, 0.05) is 13.8 Å². The Kier molecular flexibility index (Phi) is 28.2. The van der Waals surface area contributed by atoms with Crippen molar-refractivity contribution in [2.75, 3.05) is 19.8 Å². The minimum atomic E-state index is -1.90. The average Bonchev–Trinajstić information content (AvgIpc) is 3.28. The molecule has 0 aliphatic carbocycles. The molecule has 3 fully saturated rings. The molecule has 0 amide bonds. The molecule has 21 heteroatoms. The molecule has 0 aromatic rings. The van der Waals surface area contributed by atoms with Crippen LogP contribution in [-0.2, 0) is 52.3 Å². The van der Waals surface area contributed by atoms with E-state index >= 15 is 0 Å². The van der Waals surface area contributed by atoms with E-state index in [1.165, 1.54) is 0 Å². The number of carboxylic acid groups (broad SMARTS) is 1. The Balaban J connectivity index is 1.52. The van der Waals surface area contributed by atoms with Crippen molar-refractivity contribution in [3.05, 3.63) is 0 Å². The maximum atomic E-state index is 12.0. The molecule has 392 valence electrons. The zero-order valence-electron chi connectivity index (χ0n) is 39.5. The van der Waals surface area contributed by atoms with E-state index < -0.39 is 135 Å². The Morgan fingerprint density at radius 1 is 0.567 bits per heavy atom. The maximum Gasteiger partial charge on any atom is 0.332 e. The van der Waals surface area contributed by atoms with Gasteiger partial charge >= 0.3 is 17.9 Å². The van der Waals surface area contributed by atoms with E-state index in [0.717, 1.165) is 104 Å². The second-order valence-corrected chi connectivity index (χ2v) is 18.3. The lowest BCUT2D eigenvalue weighted by molar-refractivity contribution is -0.380. The number of hydrogen-bond acceptors (Lipinski definition) is 20. The van der Waals surface area contributed by atoms with Crippen LogP contribution in [0.5, 0.6) is 0 Å². The first-order valence-electron chi connectivity index (χ1n) is 24.5. The number of unbranched alkanes of at least 4 members (excludes halogenated alkanes) is 12. The normalized spacial score (nSPS) is 32.0. The third-order valence-corrected chi connectivity index (χ3v) is 12.5. The van der Waals surface area contributed by atoms with E-state index in [9.17, 15) is 60.3 Å². The zero-order chi connectivity index (χ0) is 49.5. The van der Waals surface area contributed by atoms with Gasteiger partial charge in [-0.2, -0.15) is 0 Å². The number of carbonyl (C=O) groups excluding carboxylic acids is 2. The van der Waals surface area contributed by atoms with Crippen molar-refractivity contribution in [1.29, 1.82) is 0 Å². The van der Waals surface area contributed by atoms with Crippen molar-refractivity contribution >= 4 is 17.9 Å². The smallest absolute Gasteiger partial charge is 0.332 e. The van der Waals surface area contributed by atoms with Gasteiger partial charge < -0.3 is 89.0 Å². The zero-order valence-corrected chi connectivity index (χ0v) is 39.5. The average molecular weight is 971 g/mol. The first-order valence-corrected chi connectivity index (χ1v) is 24.5. The summed E-state index contributed by atoms with van der Waals surface area (Å²) in [4.78, 5) is 34.1. The summed E-state index contributed by atoms with van der Waals surface area (Å²) < 4.78 is 46.0. The Morgan fingerprint density at radius 3 is 1.66 bits per heavy atom. The second-order valence-electron chi connectivity index (χ2n) is 18.3. The molecular formula is C46H82O21. The first kappa shape index (κ1) is 59.1. The van der Waals surface area contributed by atoms with E-state index in [2.05, 4.69) is 0 Å². The molecule has 3 aliphatic heterocycles. The molecule has 0 radical (unpaired) electrons. The van der Waals surface area contributed by atoms with E-state index in [1.54, 1.807) is 0 Å². The molecule has 0 aromatic carbocycles. The van der Waals surface area contributed by atoms with Gasteiger partial charge in [-0.3, -0.25) is 9.59 Å². The summed E-state index contributed by atoms with van der Waals surface area (Å²) in [7, 11) is 0. The van der Waals surface area contributed by atoms with Crippen LogP contribution in [0.1, 0.15) is 149 Å². The minimum Gasteiger partial charge on any atom is -0.479 e. The summed E-state index contributed by atoms with van der Waals surface area (Å²) in [5.41, 5.74) is 0. The number of aliphatic hydroxyl groups excluding tert-OH is 9. The fourth-order valence-corrected chi connectivity index (χ4v) is 8.46. The van der Waals surface area contributed by atoms with Gasteiger partial charge in [0.05, 0.1) is 31.5 Å². The van der Waals surface area contributed by atoms with Gasteiger partial charge in [-0.25, -0.2) is 4.79 Å². The largest absolute Gasteiger partial charge is 0.479 e. The molecule has 21 nitrogen and oxygen atoms in total. The summed E-state index contributed by atoms with van der Waals surface area (Å²) in [5, 5.41) is 105. The van der Waals surface area contributed by atoms with Crippen molar-refractivity contribution in [3.63, 3.8) is 0 Å². The lowest BCUT2D eigenvalue weighted by Gasteiger charge is -2.46. The quantitative estimate of drug-likeness (QED) is 0.0327. The second kappa shape index (κ2) is 31.9. The molecule has 3 saturated heterocycles. The number of carboxylic acids is 1. The van der Waals surface area contributed by atoms with Crippen LogP contribution >= 0.6 is 0 Å². The minimum absolute atomic E-state index is 0.275. The van der Waals surface area contributed by atoms with Crippen molar-refractivity contribution in [3.8, 4) is 0 Å². The molecule has 3 aliphatic rings. The molecule has 10 N–H and O–H groups in total. The van der Waals surface area contributed by atoms with E-state index in [-0.39, 0.29) is 6.61 Å². The highest BCUT2D eigenvalue weighted by Gasteiger charge is 2.52. The molecule has 0 spiro atoms. The molecule has 3 rings (SSSR count). The number of esters is 2. The van der Waals surface area contributed by atoms with Gasteiger partial charge in [0.2, 0.25) is 0 Å². The summed E-state index contributed by atoms with van der Waals surface area (Å²) in [6.45, 7) is 3.02. The van der Waals surface area contributed by atoms with Crippen LogP contribution in [0.2, 0.25) is 0 Å². The van der Waals surface area contributed by atoms with Crippen molar-refractivity contribution in [1.82, 2.24) is 0 Å². The molecule has 67 heavy (non-hydrogen) atoms. The van der Waals surface area contributed by atoms with Crippen LogP contribution in [0.4, 0.5) is 0 Å². The number of aliphatic hydroxyl groups is 9. The fraction of sp³-hybridized carbons (Fsp3) is 0.935. The Hall–Kier alpha value is -2.19.